The van der Waals surface area contributed by atoms with Crippen molar-refractivity contribution in [3.63, 3.8) is 0 Å². The number of Topliss-reactive ketones (excluding diaryl/α,β-unsaturated/α-hetero) is 1. The van der Waals surface area contributed by atoms with E-state index in [1.165, 1.54) is 5.56 Å². The molecule has 3 nitrogen and oxygen atoms in total. The number of methoxy groups -OCH3 is 1. The molecular weight excluding hydrogens is 262 g/mol. The SMILES string of the molecule is COc1ccc(C(=O)Cc2ccc(C(C)C)cc2)c(N)c1. The molecule has 0 unspecified atom stereocenters. The zero-order chi connectivity index (χ0) is 15.4. The zero-order valence-corrected chi connectivity index (χ0v) is 12.7. The first kappa shape index (κ1) is 15.1. The van der Waals surface area contributed by atoms with Crippen LogP contribution in [0.5, 0.6) is 5.75 Å². The van der Waals surface area contributed by atoms with Gasteiger partial charge in [-0.3, -0.25) is 4.79 Å². The van der Waals surface area contributed by atoms with Gasteiger partial charge in [-0.1, -0.05) is 38.1 Å². The largest absolute Gasteiger partial charge is 0.497 e. The number of hydrogen-bond donors (Lipinski definition) is 1. The Morgan fingerprint density at radius 2 is 1.81 bits per heavy atom. The lowest BCUT2D eigenvalue weighted by atomic mass is 9.98. The molecule has 0 aliphatic carbocycles. The summed E-state index contributed by atoms with van der Waals surface area (Å²) >= 11 is 0. The third-order valence-electron chi connectivity index (χ3n) is 3.57. The minimum Gasteiger partial charge on any atom is -0.497 e. The zero-order valence-electron chi connectivity index (χ0n) is 12.7. The maximum absolute atomic E-state index is 12.3. The smallest absolute Gasteiger partial charge is 0.169 e. The van der Waals surface area contributed by atoms with Crippen LogP contribution in [0.25, 0.3) is 0 Å². The second kappa shape index (κ2) is 6.44. The average Bonchev–Trinajstić information content (AvgIpc) is 2.47. The molecule has 21 heavy (non-hydrogen) atoms. The predicted octanol–water partition coefficient (Wildman–Crippen LogP) is 3.83. The van der Waals surface area contributed by atoms with Gasteiger partial charge in [-0.15, -0.1) is 0 Å². The summed E-state index contributed by atoms with van der Waals surface area (Å²) in [5.74, 6) is 1.17. The summed E-state index contributed by atoms with van der Waals surface area (Å²) in [6, 6.07) is 13.3. The van der Waals surface area contributed by atoms with E-state index in [1.807, 2.05) is 12.1 Å². The minimum atomic E-state index is 0.0208. The second-order valence-electron chi connectivity index (χ2n) is 5.45. The van der Waals surface area contributed by atoms with Crippen LogP contribution >= 0.6 is 0 Å². The standard InChI is InChI=1S/C18H21NO2/c1-12(2)14-6-4-13(5-7-14)10-18(20)16-9-8-15(21-3)11-17(16)19/h4-9,11-12H,10,19H2,1-3H3. The van der Waals surface area contributed by atoms with Crippen molar-refractivity contribution in [2.45, 2.75) is 26.2 Å². The van der Waals surface area contributed by atoms with Gasteiger partial charge in [-0.25, -0.2) is 0 Å². The van der Waals surface area contributed by atoms with E-state index in [-0.39, 0.29) is 5.78 Å². The van der Waals surface area contributed by atoms with E-state index in [9.17, 15) is 4.79 Å². The van der Waals surface area contributed by atoms with E-state index in [0.717, 1.165) is 5.56 Å². The molecule has 0 aliphatic rings. The topological polar surface area (TPSA) is 52.3 Å². The quantitative estimate of drug-likeness (QED) is 0.670. The van der Waals surface area contributed by atoms with E-state index in [0.29, 0.717) is 29.3 Å². The third kappa shape index (κ3) is 3.63. The summed E-state index contributed by atoms with van der Waals surface area (Å²) in [6.07, 6.45) is 0.356. The molecule has 2 rings (SSSR count). The lowest BCUT2D eigenvalue weighted by molar-refractivity contribution is 0.0994. The summed E-state index contributed by atoms with van der Waals surface area (Å²) in [4.78, 5) is 12.3. The lowest BCUT2D eigenvalue weighted by Gasteiger charge is -2.09. The molecule has 110 valence electrons. The van der Waals surface area contributed by atoms with Gasteiger partial charge in [-0.2, -0.15) is 0 Å². The fraction of sp³-hybridized carbons (Fsp3) is 0.278. The van der Waals surface area contributed by atoms with Gasteiger partial charge in [0.2, 0.25) is 0 Å². The van der Waals surface area contributed by atoms with E-state index < -0.39 is 0 Å². The number of nitrogen functional groups attached to an aromatic ring is 1. The van der Waals surface area contributed by atoms with Crippen molar-refractivity contribution in [3.05, 3.63) is 59.2 Å². The lowest BCUT2D eigenvalue weighted by Crippen LogP contribution is -2.07. The molecule has 3 heteroatoms. The summed E-state index contributed by atoms with van der Waals surface area (Å²) in [6.45, 7) is 4.30. The van der Waals surface area contributed by atoms with Crippen LogP contribution in [0.1, 0.15) is 41.3 Å². The van der Waals surface area contributed by atoms with E-state index in [2.05, 4.69) is 26.0 Å². The molecule has 0 amide bonds. The number of rotatable bonds is 5. The van der Waals surface area contributed by atoms with Crippen LogP contribution in [-0.4, -0.2) is 12.9 Å². The summed E-state index contributed by atoms with van der Waals surface area (Å²) in [5.41, 5.74) is 9.19. The van der Waals surface area contributed by atoms with Gasteiger partial charge in [0.05, 0.1) is 7.11 Å². The first-order valence-electron chi connectivity index (χ1n) is 7.07. The van der Waals surface area contributed by atoms with Crippen molar-refractivity contribution in [3.8, 4) is 5.75 Å². The van der Waals surface area contributed by atoms with Crippen molar-refractivity contribution in [1.82, 2.24) is 0 Å². The molecular formula is C18H21NO2. The number of benzene rings is 2. The molecule has 2 aromatic rings. The molecule has 0 saturated heterocycles. The van der Waals surface area contributed by atoms with Crippen LogP contribution in [-0.2, 0) is 6.42 Å². The molecule has 0 radical (unpaired) electrons. The predicted molar refractivity (Wildman–Crippen MR) is 86.0 cm³/mol. The van der Waals surface area contributed by atoms with Crippen LogP contribution in [0.3, 0.4) is 0 Å². The number of carbonyl (C=O) groups excluding carboxylic acids is 1. The van der Waals surface area contributed by atoms with Crippen LogP contribution < -0.4 is 10.5 Å². The number of hydrogen-bond acceptors (Lipinski definition) is 3. The Morgan fingerprint density at radius 1 is 1.14 bits per heavy atom. The molecule has 0 aromatic heterocycles. The summed E-state index contributed by atoms with van der Waals surface area (Å²) in [7, 11) is 1.58. The summed E-state index contributed by atoms with van der Waals surface area (Å²) < 4.78 is 5.09. The highest BCUT2D eigenvalue weighted by Crippen LogP contribution is 2.22. The Hall–Kier alpha value is -2.29. The molecule has 0 atom stereocenters. The van der Waals surface area contributed by atoms with Crippen molar-refractivity contribution in [2.24, 2.45) is 0 Å². The van der Waals surface area contributed by atoms with Gasteiger partial charge in [0.1, 0.15) is 5.75 Å². The molecule has 2 N–H and O–H groups in total. The van der Waals surface area contributed by atoms with Crippen LogP contribution in [0.15, 0.2) is 42.5 Å². The number of anilines is 1. The van der Waals surface area contributed by atoms with E-state index >= 15 is 0 Å². The third-order valence-corrected chi connectivity index (χ3v) is 3.57. The number of nitrogens with two attached hydrogens (primary N) is 1. The Morgan fingerprint density at radius 3 is 2.33 bits per heavy atom. The summed E-state index contributed by atoms with van der Waals surface area (Å²) in [5, 5.41) is 0. The number of carbonyl (C=O) groups is 1. The normalized spacial score (nSPS) is 10.7. The Kier molecular flexibility index (Phi) is 4.63. The Labute approximate surface area is 125 Å². The monoisotopic (exact) mass is 283 g/mol. The fourth-order valence-electron chi connectivity index (χ4n) is 2.22. The van der Waals surface area contributed by atoms with Gasteiger partial charge in [0.25, 0.3) is 0 Å². The molecule has 0 heterocycles. The fourth-order valence-corrected chi connectivity index (χ4v) is 2.22. The van der Waals surface area contributed by atoms with Crippen molar-refractivity contribution in [1.29, 1.82) is 0 Å². The number of ketones is 1. The van der Waals surface area contributed by atoms with Gasteiger partial charge in [-0.05, 0) is 29.2 Å². The first-order chi connectivity index (χ1) is 10.0. The average molecular weight is 283 g/mol. The highest BCUT2D eigenvalue weighted by atomic mass is 16.5. The highest BCUT2D eigenvalue weighted by Gasteiger charge is 2.11. The minimum absolute atomic E-state index is 0.0208. The van der Waals surface area contributed by atoms with E-state index in [1.54, 1.807) is 25.3 Å². The maximum atomic E-state index is 12.3. The molecule has 0 spiro atoms. The molecule has 0 fully saturated rings. The van der Waals surface area contributed by atoms with Crippen LogP contribution in [0, 0.1) is 0 Å². The van der Waals surface area contributed by atoms with Gasteiger partial charge >= 0.3 is 0 Å². The molecule has 2 aromatic carbocycles. The molecule has 0 aliphatic heterocycles. The van der Waals surface area contributed by atoms with Crippen LogP contribution in [0.2, 0.25) is 0 Å². The second-order valence-corrected chi connectivity index (χ2v) is 5.45. The number of ether oxygens (including phenoxy) is 1. The van der Waals surface area contributed by atoms with Crippen LogP contribution in [0.4, 0.5) is 5.69 Å². The maximum Gasteiger partial charge on any atom is 0.169 e. The van der Waals surface area contributed by atoms with Gasteiger partial charge in [0, 0.05) is 23.7 Å². The highest BCUT2D eigenvalue weighted by molar-refractivity contribution is 6.02. The van der Waals surface area contributed by atoms with Gasteiger partial charge < -0.3 is 10.5 Å². The van der Waals surface area contributed by atoms with Crippen molar-refractivity contribution >= 4 is 11.5 Å². The Bertz CT molecular complexity index is 630. The first-order valence-corrected chi connectivity index (χ1v) is 7.07. The van der Waals surface area contributed by atoms with Gasteiger partial charge in [0.15, 0.2) is 5.78 Å². The molecule has 0 bridgehead atoms. The Balaban J connectivity index is 2.14. The van der Waals surface area contributed by atoms with Crippen molar-refractivity contribution in [2.75, 3.05) is 12.8 Å². The van der Waals surface area contributed by atoms with E-state index in [4.69, 9.17) is 10.5 Å². The molecule has 0 saturated carbocycles. The van der Waals surface area contributed by atoms with Crippen molar-refractivity contribution < 1.29 is 9.53 Å².